The molecular weight excluding hydrogens is 337 g/mol. The summed E-state index contributed by atoms with van der Waals surface area (Å²) < 4.78 is 63.7. The second-order valence-electron chi connectivity index (χ2n) is 5.26. The summed E-state index contributed by atoms with van der Waals surface area (Å²) in [7, 11) is -5.58. The van der Waals surface area contributed by atoms with E-state index in [9.17, 15) is 21.6 Å². The van der Waals surface area contributed by atoms with Crippen molar-refractivity contribution in [3.05, 3.63) is 10.2 Å². The van der Waals surface area contributed by atoms with Gasteiger partial charge in [-0.1, -0.05) is 29.8 Å². The zero-order valence-electron chi connectivity index (χ0n) is 9.71. The first kappa shape index (κ1) is 14.2. The molecule has 8 heteroatoms. The fourth-order valence-electron chi connectivity index (χ4n) is 2.58. The number of fused-ring (bicyclic) bond motifs is 1. The van der Waals surface area contributed by atoms with Crippen molar-refractivity contribution in [3.8, 4) is 0 Å². The zero-order chi connectivity index (χ0) is 13.9. The van der Waals surface area contributed by atoms with E-state index < -0.39 is 15.6 Å². The molecule has 0 aromatic carbocycles. The van der Waals surface area contributed by atoms with E-state index in [1.807, 2.05) is 13.8 Å². The molecule has 2 unspecified atom stereocenters. The molecule has 0 aromatic rings. The van der Waals surface area contributed by atoms with E-state index in [0.29, 0.717) is 23.2 Å². The molecule has 3 nitrogen and oxygen atoms in total. The van der Waals surface area contributed by atoms with Crippen LogP contribution in [-0.2, 0) is 14.3 Å². The van der Waals surface area contributed by atoms with Gasteiger partial charge in [0, 0.05) is 10.4 Å². The van der Waals surface area contributed by atoms with Crippen LogP contribution in [-0.4, -0.2) is 13.9 Å². The van der Waals surface area contributed by atoms with E-state index in [0.717, 1.165) is 0 Å². The number of halogens is 4. The lowest BCUT2D eigenvalue weighted by molar-refractivity contribution is -0.0614. The van der Waals surface area contributed by atoms with Crippen molar-refractivity contribution in [2.45, 2.75) is 32.2 Å². The zero-order valence-corrected chi connectivity index (χ0v) is 12.1. The molecule has 18 heavy (non-hydrogen) atoms. The summed E-state index contributed by atoms with van der Waals surface area (Å²) in [6, 6.07) is 0. The Labute approximate surface area is 112 Å². The Balaban J connectivity index is 2.30. The molecule has 2 atom stereocenters. The van der Waals surface area contributed by atoms with Crippen molar-refractivity contribution in [1.29, 1.82) is 0 Å². The van der Waals surface area contributed by atoms with Crippen LogP contribution in [0.4, 0.5) is 13.2 Å². The predicted molar refractivity (Wildman–Crippen MR) is 62.0 cm³/mol. The van der Waals surface area contributed by atoms with E-state index >= 15 is 0 Å². The first-order valence-corrected chi connectivity index (χ1v) is 7.56. The van der Waals surface area contributed by atoms with Crippen LogP contribution in [0.1, 0.15) is 26.7 Å². The van der Waals surface area contributed by atoms with Crippen LogP contribution in [0.3, 0.4) is 0 Å². The van der Waals surface area contributed by atoms with Gasteiger partial charge in [-0.05, 0) is 24.2 Å². The fraction of sp³-hybridized carbons (Fsp3) is 0.800. The molecule has 0 heterocycles. The molecule has 3 rings (SSSR count). The first-order chi connectivity index (χ1) is 7.97. The number of allylic oxidation sites excluding steroid dienone is 2. The SMILES string of the molecule is CC1(C)C2CC(Br)=C(OS(=O)(=O)C(F)(F)F)C1C2. The van der Waals surface area contributed by atoms with Crippen molar-refractivity contribution >= 4 is 26.0 Å². The van der Waals surface area contributed by atoms with Gasteiger partial charge in [0.2, 0.25) is 0 Å². The van der Waals surface area contributed by atoms with Crippen molar-refractivity contribution in [3.63, 3.8) is 0 Å². The Bertz CT molecular complexity index is 507. The molecule has 0 N–H and O–H groups in total. The third kappa shape index (κ3) is 1.97. The Morgan fingerprint density at radius 3 is 2.39 bits per heavy atom. The van der Waals surface area contributed by atoms with Crippen molar-refractivity contribution in [1.82, 2.24) is 0 Å². The third-order valence-electron chi connectivity index (χ3n) is 3.96. The van der Waals surface area contributed by atoms with Crippen LogP contribution >= 0.6 is 15.9 Å². The largest absolute Gasteiger partial charge is 0.534 e. The van der Waals surface area contributed by atoms with Crippen molar-refractivity contribution < 1.29 is 25.8 Å². The average Bonchev–Trinajstić information content (AvgIpc) is 2.18. The monoisotopic (exact) mass is 348 g/mol. The summed E-state index contributed by atoms with van der Waals surface area (Å²) in [5, 5.41) is 0. The highest BCUT2D eigenvalue weighted by atomic mass is 79.9. The van der Waals surface area contributed by atoms with Gasteiger partial charge in [0.1, 0.15) is 5.76 Å². The number of alkyl halides is 3. The van der Waals surface area contributed by atoms with Crippen LogP contribution in [0.5, 0.6) is 0 Å². The lowest BCUT2D eigenvalue weighted by Gasteiger charge is -2.56. The topological polar surface area (TPSA) is 43.4 Å². The first-order valence-electron chi connectivity index (χ1n) is 5.36. The number of rotatable bonds is 2. The quantitative estimate of drug-likeness (QED) is 0.566. The summed E-state index contributed by atoms with van der Waals surface area (Å²) in [6.45, 7) is 3.82. The lowest BCUT2D eigenvalue weighted by atomic mass is 9.50. The molecule has 1 saturated carbocycles. The average molecular weight is 349 g/mol. The van der Waals surface area contributed by atoms with Crippen LogP contribution in [0.25, 0.3) is 0 Å². The summed E-state index contributed by atoms with van der Waals surface area (Å²) in [5.74, 6) is 0.000362. The Hall–Kier alpha value is -0.240. The smallest absolute Gasteiger partial charge is 0.379 e. The Morgan fingerprint density at radius 2 is 1.94 bits per heavy atom. The van der Waals surface area contributed by atoms with Gasteiger partial charge in [-0.15, -0.1) is 0 Å². The molecule has 1 fully saturated rings. The molecule has 104 valence electrons. The second kappa shape index (κ2) is 3.88. The Morgan fingerprint density at radius 1 is 1.39 bits per heavy atom. The summed E-state index contributed by atoms with van der Waals surface area (Å²) in [4.78, 5) is 0. The fourth-order valence-corrected chi connectivity index (χ4v) is 3.98. The van der Waals surface area contributed by atoms with Gasteiger partial charge in [0.25, 0.3) is 0 Å². The molecule has 3 aliphatic carbocycles. The van der Waals surface area contributed by atoms with E-state index in [4.69, 9.17) is 0 Å². The van der Waals surface area contributed by atoms with Crippen molar-refractivity contribution in [2.75, 3.05) is 0 Å². The molecule has 0 spiro atoms. The van der Waals surface area contributed by atoms with Gasteiger partial charge < -0.3 is 4.18 Å². The summed E-state index contributed by atoms with van der Waals surface area (Å²) in [6.07, 6.45) is 1.19. The van der Waals surface area contributed by atoms with Crippen LogP contribution in [0.2, 0.25) is 0 Å². The van der Waals surface area contributed by atoms with Crippen molar-refractivity contribution in [2.24, 2.45) is 17.3 Å². The van der Waals surface area contributed by atoms with Crippen LogP contribution < -0.4 is 0 Å². The Kier molecular flexibility index (Phi) is 3.05. The molecule has 3 aliphatic rings. The predicted octanol–water partition coefficient (Wildman–Crippen LogP) is 3.53. The minimum Gasteiger partial charge on any atom is -0.379 e. The maximum atomic E-state index is 12.3. The highest BCUT2D eigenvalue weighted by molar-refractivity contribution is 9.11. The van der Waals surface area contributed by atoms with Gasteiger partial charge in [-0.25, -0.2) is 0 Å². The van der Waals surface area contributed by atoms with Gasteiger partial charge in [-0.3, -0.25) is 0 Å². The highest BCUT2D eigenvalue weighted by Gasteiger charge is 2.57. The molecule has 0 saturated heterocycles. The second-order valence-corrected chi connectivity index (χ2v) is 7.76. The van der Waals surface area contributed by atoms with Crippen LogP contribution in [0, 0.1) is 17.3 Å². The van der Waals surface area contributed by atoms with Gasteiger partial charge in [-0.2, -0.15) is 21.6 Å². The maximum absolute atomic E-state index is 12.3. The lowest BCUT2D eigenvalue weighted by Crippen LogP contribution is -2.49. The molecule has 0 aliphatic heterocycles. The van der Waals surface area contributed by atoms with E-state index in [-0.39, 0.29) is 17.1 Å². The van der Waals surface area contributed by atoms with E-state index in [1.165, 1.54) is 0 Å². The minimum atomic E-state index is -5.58. The normalized spacial score (nSPS) is 31.0. The van der Waals surface area contributed by atoms with E-state index in [1.54, 1.807) is 0 Å². The minimum absolute atomic E-state index is 0.0835. The number of hydrogen-bond donors (Lipinski definition) is 0. The highest BCUT2D eigenvalue weighted by Crippen LogP contribution is 2.62. The summed E-state index contributed by atoms with van der Waals surface area (Å²) >= 11 is 3.12. The third-order valence-corrected chi connectivity index (χ3v) is 5.64. The molecular formula is C10H12BrF3O3S. The molecule has 2 bridgehead atoms. The van der Waals surface area contributed by atoms with Gasteiger partial charge in [0.05, 0.1) is 0 Å². The van der Waals surface area contributed by atoms with Crippen LogP contribution in [0.15, 0.2) is 10.2 Å². The maximum Gasteiger partial charge on any atom is 0.534 e. The number of hydrogen-bond acceptors (Lipinski definition) is 3. The molecule has 0 aromatic heterocycles. The van der Waals surface area contributed by atoms with E-state index in [2.05, 4.69) is 20.1 Å². The van der Waals surface area contributed by atoms with Gasteiger partial charge in [0.15, 0.2) is 0 Å². The molecule has 0 amide bonds. The standard InChI is InChI=1S/C10H12BrF3O3S/c1-9(2)5-3-6(9)8(7(11)4-5)17-18(15,16)10(12,13)14/h5-6H,3-4H2,1-2H3. The summed E-state index contributed by atoms with van der Waals surface area (Å²) in [5.41, 5.74) is -5.61. The molecule has 0 radical (unpaired) electrons. The van der Waals surface area contributed by atoms with Gasteiger partial charge >= 0.3 is 15.6 Å².